The zero-order valence-corrected chi connectivity index (χ0v) is 10.5. The Hall–Kier alpha value is -1.83. The van der Waals surface area contributed by atoms with Crippen molar-refractivity contribution in [3.8, 4) is 0 Å². The van der Waals surface area contributed by atoms with Gasteiger partial charge in [-0.25, -0.2) is 0 Å². The second-order valence-electron chi connectivity index (χ2n) is 3.59. The lowest BCUT2D eigenvalue weighted by atomic mass is 10.1. The van der Waals surface area contributed by atoms with E-state index in [9.17, 15) is 14.9 Å². The molecule has 0 aromatic heterocycles. The van der Waals surface area contributed by atoms with Crippen LogP contribution in [-0.4, -0.2) is 38.3 Å². The molecule has 0 N–H and O–H groups in total. The highest BCUT2D eigenvalue weighted by Crippen LogP contribution is 2.20. The molecule has 0 saturated heterocycles. The van der Waals surface area contributed by atoms with Crippen molar-refractivity contribution in [2.24, 2.45) is 0 Å². The van der Waals surface area contributed by atoms with Crippen molar-refractivity contribution in [1.82, 2.24) is 0 Å². The van der Waals surface area contributed by atoms with Gasteiger partial charge < -0.3 is 14.2 Å². The maximum Gasteiger partial charge on any atom is 0.280 e. The molecule has 1 aromatic rings. The summed E-state index contributed by atoms with van der Waals surface area (Å²) in [6.07, 6.45) is 0.461. The molecule has 0 aliphatic carbocycles. The van der Waals surface area contributed by atoms with Crippen molar-refractivity contribution in [3.05, 3.63) is 39.4 Å². The topological polar surface area (TPSA) is 87.9 Å². The number of hydrogen-bond donors (Lipinski definition) is 0. The molecular formula is C12H15NO6. The van der Waals surface area contributed by atoms with E-state index in [0.29, 0.717) is 25.1 Å². The molecule has 0 aliphatic rings. The number of methoxy groups -OCH3 is 1. The van der Waals surface area contributed by atoms with Crippen LogP contribution in [0.25, 0.3) is 0 Å². The molecule has 0 heterocycles. The first-order valence-electron chi connectivity index (χ1n) is 5.56. The first-order chi connectivity index (χ1) is 9.20. The molecule has 0 spiro atoms. The smallest absolute Gasteiger partial charge is 0.280 e. The highest BCUT2D eigenvalue weighted by atomic mass is 16.7. The predicted molar refractivity (Wildman–Crippen MR) is 66.0 cm³/mol. The Morgan fingerprint density at radius 2 is 2.11 bits per heavy atom. The number of hydrogen-bond acceptors (Lipinski definition) is 6. The minimum Gasteiger partial charge on any atom is -0.382 e. The third-order valence-corrected chi connectivity index (χ3v) is 2.34. The van der Waals surface area contributed by atoms with E-state index in [1.54, 1.807) is 13.2 Å². The van der Waals surface area contributed by atoms with E-state index >= 15 is 0 Å². The molecule has 0 amide bonds. The van der Waals surface area contributed by atoms with E-state index in [0.717, 1.165) is 0 Å². The molecule has 19 heavy (non-hydrogen) atoms. The standard InChI is InChI=1S/C12H15NO6/c1-17-5-6-18-9-19-8-10-3-2-4-12(13(15)16)11(10)7-14/h2-4,7H,5-6,8-9H2,1H3. The average molecular weight is 269 g/mol. The summed E-state index contributed by atoms with van der Waals surface area (Å²) in [5.74, 6) is 0. The molecule has 0 atom stereocenters. The number of nitro benzene ring substituents is 1. The summed E-state index contributed by atoms with van der Waals surface area (Å²) in [5.41, 5.74) is 0.264. The highest BCUT2D eigenvalue weighted by molar-refractivity contribution is 5.83. The first-order valence-corrected chi connectivity index (χ1v) is 5.56. The van der Waals surface area contributed by atoms with Gasteiger partial charge in [0.2, 0.25) is 0 Å². The number of carbonyl (C=O) groups excluding carboxylic acids is 1. The third-order valence-electron chi connectivity index (χ3n) is 2.34. The van der Waals surface area contributed by atoms with Crippen LogP contribution in [0.15, 0.2) is 18.2 Å². The molecule has 0 aliphatic heterocycles. The Balaban J connectivity index is 2.56. The fourth-order valence-corrected chi connectivity index (χ4v) is 1.43. The SMILES string of the molecule is COCCOCOCc1cccc([N+](=O)[O-])c1C=O. The van der Waals surface area contributed by atoms with Crippen LogP contribution in [-0.2, 0) is 20.8 Å². The number of nitrogens with zero attached hydrogens (tertiary/aromatic N) is 1. The van der Waals surface area contributed by atoms with E-state index in [1.165, 1.54) is 12.1 Å². The second kappa shape index (κ2) is 8.30. The normalized spacial score (nSPS) is 10.4. The van der Waals surface area contributed by atoms with Crippen molar-refractivity contribution in [2.75, 3.05) is 27.1 Å². The summed E-state index contributed by atoms with van der Waals surface area (Å²) >= 11 is 0. The number of aldehydes is 1. The number of benzene rings is 1. The van der Waals surface area contributed by atoms with Crippen LogP contribution in [0.4, 0.5) is 5.69 Å². The summed E-state index contributed by atoms with van der Waals surface area (Å²) < 4.78 is 15.0. The van der Waals surface area contributed by atoms with Gasteiger partial charge in [-0.2, -0.15) is 0 Å². The molecule has 0 bridgehead atoms. The lowest BCUT2D eigenvalue weighted by molar-refractivity contribution is -0.385. The Bertz CT molecular complexity index is 434. The van der Waals surface area contributed by atoms with Crippen molar-refractivity contribution in [2.45, 2.75) is 6.61 Å². The molecule has 1 rings (SSSR count). The van der Waals surface area contributed by atoms with Gasteiger partial charge >= 0.3 is 0 Å². The first kappa shape index (κ1) is 15.2. The monoisotopic (exact) mass is 269 g/mol. The number of rotatable bonds is 9. The fraction of sp³-hybridized carbons (Fsp3) is 0.417. The zero-order chi connectivity index (χ0) is 14.1. The van der Waals surface area contributed by atoms with E-state index in [4.69, 9.17) is 14.2 Å². The van der Waals surface area contributed by atoms with Gasteiger partial charge in [0.1, 0.15) is 6.79 Å². The molecule has 7 heteroatoms. The predicted octanol–water partition coefficient (Wildman–Crippen LogP) is 1.54. The van der Waals surface area contributed by atoms with Crippen LogP contribution in [0.3, 0.4) is 0 Å². The van der Waals surface area contributed by atoms with E-state index in [1.807, 2.05) is 0 Å². The number of ether oxygens (including phenoxy) is 3. The van der Waals surface area contributed by atoms with Crippen LogP contribution >= 0.6 is 0 Å². The highest BCUT2D eigenvalue weighted by Gasteiger charge is 2.16. The van der Waals surface area contributed by atoms with E-state index in [-0.39, 0.29) is 24.7 Å². The summed E-state index contributed by atoms with van der Waals surface area (Å²) in [6, 6.07) is 4.39. The van der Waals surface area contributed by atoms with Gasteiger partial charge in [-0.1, -0.05) is 12.1 Å². The number of carbonyl (C=O) groups is 1. The Morgan fingerprint density at radius 3 is 2.74 bits per heavy atom. The van der Waals surface area contributed by atoms with Gasteiger partial charge in [0.05, 0.1) is 30.3 Å². The quantitative estimate of drug-likeness (QED) is 0.222. The molecular weight excluding hydrogens is 254 g/mol. The minimum atomic E-state index is -0.595. The average Bonchev–Trinajstić information content (AvgIpc) is 2.42. The van der Waals surface area contributed by atoms with Gasteiger partial charge in [-0.3, -0.25) is 14.9 Å². The lowest BCUT2D eigenvalue weighted by Crippen LogP contribution is -2.07. The van der Waals surface area contributed by atoms with Crippen LogP contribution in [0.5, 0.6) is 0 Å². The largest absolute Gasteiger partial charge is 0.382 e. The van der Waals surface area contributed by atoms with Gasteiger partial charge in [-0.05, 0) is 5.56 Å². The van der Waals surface area contributed by atoms with Gasteiger partial charge in [0.25, 0.3) is 5.69 Å². The Morgan fingerprint density at radius 1 is 1.32 bits per heavy atom. The van der Waals surface area contributed by atoms with Crippen LogP contribution < -0.4 is 0 Å². The second-order valence-corrected chi connectivity index (χ2v) is 3.59. The summed E-state index contributed by atoms with van der Waals surface area (Å²) in [4.78, 5) is 21.1. The van der Waals surface area contributed by atoms with Crippen molar-refractivity contribution >= 4 is 12.0 Å². The molecule has 104 valence electrons. The zero-order valence-electron chi connectivity index (χ0n) is 10.5. The minimum absolute atomic E-state index is 0.0318. The molecule has 0 fully saturated rings. The van der Waals surface area contributed by atoms with E-state index < -0.39 is 4.92 Å². The van der Waals surface area contributed by atoms with Gasteiger partial charge in [-0.15, -0.1) is 0 Å². The molecule has 0 unspecified atom stereocenters. The van der Waals surface area contributed by atoms with Crippen LogP contribution in [0.1, 0.15) is 15.9 Å². The van der Waals surface area contributed by atoms with Gasteiger partial charge in [0.15, 0.2) is 6.29 Å². The molecule has 1 aromatic carbocycles. The summed E-state index contributed by atoms with van der Waals surface area (Å²) in [7, 11) is 1.56. The lowest BCUT2D eigenvalue weighted by Gasteiger charge is -2.07. The maximum atomic E-state index is 10.9. The molecule has 0 saturated carbocycles. The van der Waals surface area contributed by atoms with Crippen molar-refractivity contribution < 1.29 is 23.9 Å². The van der Waals surface area contributed by atoms with Crippen LogP contribution in [0.2, 0.25) is 0 Å². The third kappa shape index (κ3) is 4.74. The van der Waals surface area contributed by atoms with Gasteiger partial charge in [0, 0.05) is 13.2 Å². The Kier molecular flexibility index (Phi) is 6.65. The summed E-state index contributed by atoms with van der Waals surface area (Å²) in [6.45, 7) is 0.957. The number of nitro groups is 1. The summed E-state index contributed by atoms with van der Waals surface area (Å²) in [5, 5.41) is 10.7. The van der Waals surface area contributed by atoms with Crippen LogP contribution in [0, 0.1) is 10.1 Å². The molecule has 7 nitrogen and oxygen atoms in total. The fourth-order valence-electron chi connectivity index (χ4n) is 1.43. The van der Waals surface area contributed by atoms with Crippen molar-refractivity contribution in [3.63, 3.8) is 0 Å². The van der Waals surface area contributed by atoms with Crippen molar-refractivity contribution in [1.29, 1.82) is 0 Å². The maximum absolute atomic E-state index is 10.9. The van der Waals surface area contributed by atoms with E-state index in [2.05, 4.69) is 0 Å². The molecule has 0 radical (unpaired) electrons. The Labute approximate surface area is 110 Å².